The molecule has 0 aromatic heterocycles. The molecule has 0 rings (SSSR count). The summed E-state index contributed by atoms with van der Waals surface area (Å²) in [6.07, 6.45) is 0. The van der Waals surface area contributed by atoms with Gasteiger partial charge in [-0.25, -0.2) is 0 Å². The molecular weight excluding hydrogens is 262 g/mol. The Balaban J connectivity index is -0.00000000286. The van der Waals surface area contributed by atoms with Crippen molar-refractivity contribution in [3.63, 3.8) is 0 Å². The molecule has 0 aromatic rings. The van der Waals surface area contributed by atoms with Crippen LogP contribution in [0.15, 0.2) is 0 Å². The van der Waals surface area contributed by atoms with Gasteiger partial charge in [0.1, 0.15) is 0 Å². The summed E-state index contributed by atoms with van der Waals surface area (Å²) in [5, 5.41) is 0. The Labute approximate surface area is 84.6 Å². The third kappa shape index (κ3) is 103000. The van der Waals surface area contributed by atoms with Crippen molar-refractivity contribution in [2.75, 3.05) is 0 Å². The molecule has 0 heterocycles. The van der Waals surface area contributed by atoms with Crippen LogP contribution in [0.4, 0.5) is 0 Å². The average Bonchev–Trinajstić information content (AvgIpc) is 0.722. The second-order valence-corrected chi connectivity index (χ2v) is 1.34. The van der Waals surface area contributed by atoms with Gasteiger partial charge in [0.05, 0.1) is 0 Å². The molecule has 11 nitrogen and oxygen atoms in total. The molecule has 0 spiro atoms. The van der Waals surface area contributed by atoms with Crippen molar-refractivity contribution < 1.29 is 67.4 Å². The zero-order valence-electron chi connectivity index (χ0n) is 6.18. The third-order valence-corrected chi connectivity index (χ3v) is 0. The average molecular weight is 279 g/mol. The summed E-state index contributed by atoms with van der Waals surface area (Å²) in [6.45, 7) is 0. The van der Waals surface area contributed by atoms with Crippen molar-refractivity contribution in [1.29, 1.82) is 0 Å². The van der Waals surface area contributed by atoms with Crippen molar-refractivity contribution in [3.05, 3.63) is 0 Å². The van der Waals surface area contributed by atoms with E-state index in [1.165, 1.54) is 0 Å². The van der Waals surface area contributed by atoms with Crippen LogP contribution >= 0.6 is 0 Å². The maximum Gasteiger partial charge on any atom is 0.394 e. The van der Waals surface area contributed by atoms with Crippen molar-refractivity contribution in [3.8, 4) is 0 Å². The predicted molar refractivity (Wildman–Crippen MR) is 40.9 cm³/mol. The molecule has 0 saturated heterocycles. The summed E-state index contributed by atoms with van der Waals surface area (Å²) in [7, 11) is -4.67. The molecule has 0 amide bonds. The smallest absolute Gasteiger partial charge is 0.394 e. The Morgan fingerprint density at radius 1 is 0.692 bits per heavy atom. The topological polar surface area (TPSA) is 299 Å². The predicted octanol–water partition coefficient (Wildman–Crippen LogP) is -5.44. The molecule has 0 saturated carbocycles. The van der Waals surface area contributed by atoms with Crippen LogP contribution in [0.5, 0.6) is 0 Å². The molecular formula is H17FeNO10S. The molecule has 0 atom stereocenters. The monoisotopic (exact) mass is 279 g/mol. The van der Waals surface area contributed by atoms with Gasteiger partial charge in [-0.15, -0.1) is 0 Å². The van der Waals surface area contributed by atoms with Crippen LogP contribution in [0, 0.1) is 0 Å². The van der Waals surface area contributed by atoms with E-state index in [0.717, 1.165) is 0 Å². The summed E-state index contributed by atoms with van der Waals surface area (Å²) < 4.78 is 31.6. The molecule has 0 aliphatic rings. The summed E-state index contributed by atoms with van der Waals surface area (Å²) >= 11 is 0. The van der Waals surface area contributed by atoms with E-state index in [0.29, 0.717) is 0 Å². The summed E-state index contributed by atoms with van der Waals surface area (Å²) in [5.74, 6) is 0. The number of hydrogen-bond donors (Lipinski definition) is 3. The van der Waals surface area contributed by atoms with E-state index < -0.39 is 10.4 Å². The minimum absolute atomic E-state index is 0. The Morgan fingerprint density at radius 2 is 0.692 bits per heavy atom. The largest absolute Gasteiger partial charge is 0.412 e. The first kappa shape index (κ1) is 114. The van der Waals surface area contributed by atoms with Gasteiger partial charge in [0.25, 0.3) is 0 Å². The minimum Gasteiger partial charge on any atom is -0.412 e. The van der Waals surface area contributed by atoms with E-state index in [1.54, 1.807) is 0 Å². The second-order valence-electron chi connectivity index (χ2n) is 0.448. The van der Waals surface area contributed by atoms with Gasteiger partial charge in [0.2, 0.25) is 0 Å². The SMILES string of the molecule is N.O.O.O.O.O.O.O=S(=O)(O)O.[Fe]. The Bertz CT molecular complexity index is 98.1. The minimum atomic E-state index is -4.67. The fraction of sp³-hybridized carbons (Fsp3) is 0. The summed E-state index contributed by atoms with van der Waals surface area (Å²) in [4.78, 5) is 0. The maximum absolute atomic E-state index is 8.74. The van der Waals surface area contributed by atoms with E-state index in [2.05, 4.69) is 0 Å². The Kier molecular flexibility index (Phi) is 351. The van der Waals surface area contributed by atoms with Gasteiger partial charge in [0, 0.05) is 17.1 Å². The molecule has 17 N–H and O–H groups in total. The Morgan fingerprint density at radius 3 is 0.692 bits per heavy atom. The van der Waals surface area contributed by atoms with Crippen molar-refractivity contribution in [2.45, 2.75) is 0 Å². The molecule has 0 bridgehead atoms. The molecule has 0 aliphatic carbocycles. The zero-order chi connectivity index (χ0) is 4.50. The first-order valence-corrected chi connectivity index (χ1v) is 2.10. The fourth-order valence-corrected chi connectivity index (χ4v) is 0. The molecule has 0 fully saturated rings. The standard InChI is InChI=1S/Fe.H3N.H2O4S.6H2O/c;;1-5(2,3)4;;;;;;/h;1H3;(H2,1,2,3,4);6*1H2. The van der Waals surface area contributed by atoms with E-state index in [-0.39, 0.29) is 56.1 Å². The van der Waals surface area contributed by atoms with E-state index in [4.69, 9.17) is 17.5 Å². The molecule has 0 unspecified atom stereocenters. The van der Waals surface area contributed by atoms with Crippen LogP contribution < -0.4 is 6.15 Å². The first-order valence-electron chi connectivity index (χ1n) is 0.698. The number of rotatable bonds is 0. The van der Waals surface area contributed by atoms with Crippen LogP contribution in [0.3, 0.4) is 0 Å². The van der Waals surface area contributed by atoms with Crippen molar-refractivity contribution in [1.82, 2.24) is 6.15 Å². The van der Waals surface area contributed by atoms with Gasteiger partial charge in [-0.3, -0.25) is 9.11 Å². The van der Waals surface area contributed by atoms with Gasteiger partial charge in [-0.1, -0.05) is 0 Å². The first-order chi connectivity index (χ1) is 2.00. The van der Waals surface area contributed by atoms with Crippen molar-refractivity contribution in [2.24, 2.45) is 0 Å². The maximum atomic E-state index is 8.74. The number of hydrogen-bond acceptors (Lipinski definition) is 3. The molecule has 13 heavy (non-hydrogen) atoms. The molecule has 96 valence electrons. The second kappa shape index (κ2) is 40.0. The van der Waals surface area contributed by atoms with Gasteiger partial charge < -0.3 is 39.0 Å². The van der Waals surface area contributed by atoms with E-state index in [9.17, 15) is 0 Å². The quantitative estimate of drug-likeness (QED) is 0.287. The van der Waals surface area contributed by atoms with Gasteiger partial charge in [-0.05, 0) is 0 Å². The van der Waals surface area contributed by atoms with E-state index in [1.807, 2.05) is 0 Å². The van der Waals surface area contributed by atoms with Crippen LogP contribution in [0.25, 0.3) is 0 Å². The van der Waals surface area contributed by atoms with Gasteiger partial charge in [0.15, 0.2) is 0 Å². The van der Waals surface area contributed by atoms with Crippen LogP contribution in [0.2, 0.25) is 0 Å². The van der Waals surface area contributed by atoms with Crippen LogP contribution in [-0.2, 0) is 27.5 Å². The molecule has 0 aromatic carbocycles. The van der Waals surface area contributed by atoms with E-state index >= 15 is 0 Å². The van der Waals surface area contributed by atoms with Gasteiger partial charge in [-0.2, -0.15) is 8.42 Å². The van der Waals surface area contributed by atoms with Crippen LogP contribution in [-0.4, -0.2) is 50.4 Å². The zero-order valence-corrected chi connectivity index (χ0v) is 8.10. The normalized spacial score (nSPS) is 4.46. The molecule has 0 radical (unpaired) electrons. The molecule has 0 aliphatic heterocycles. The molecule has 13 heteroatoms. The summed E-state index contributed by atoms with van der Waals surface area (Å²) in [5.41, 5.74) is 0. The van der Waals surface area contributed by atoms with Gasteiger partial charge >= 0.3 is 10.4 Å². The fourth-order valence-electron chi connectivity index (χ4n) is 0. The third-order valence-electron chi connectivity index (χ3n) is 0. The van der Waals surface area contributed by atoms with Crippen LogP contribution in [0.1, 0.15) is 0 Å². The summed E-state index contributed by atoms with van der Waals surface area (Å²) in [6, 6.07) is 0. The van der Waals surface area contributed by atoms with Crippen molar-refractivity contribution >= 4 is 10.4 Å². The Hall–Kier alpha value is 0.109.